The van der Waals surface area contributed by atoms with E-state index in [0.29, 0.717) is 6.42 Å². The van der Waals surface area contributed by atoms with E-state index in [0.717, 1.165) is 5.69 Å². The van der Waals surface area contributed by atoms with Gasteiger partial charge in [0.2, 0.25) is 0 Å². The van der Waals surface area contributed by atoms with Gasteiger partial charge in [0.05, 0.1) is 12.7 Å². The van der Waals surface area contributed by atoms with Gasteiger partial charge in [0.25, 0.3) is 0 Å². The number of para-hydroxylation sites is 1. The highest BCUT2D eigenvalue weighted by molar-refractivity contribution is 5.43. The Bertz CT molecular complexity index is 304. The number of benzene rings is 1. The summed E-state index contributed by atoms with van der Waals surface area (Å²) in [4.78, 5) is 0. The molecule has 3 N–H and O–H groups in total. The maximum Gasteiger partial charge on any atom is 0.130 e. The van der Waals surface area contributed by atoms with Gasteiger partial charge in [-0.05, 0) is 12.1 Å². The average Bonchev–Trinajstić information content (AvgIpc) is 2.60. The van der Waals surface area contributed by atoms with Crippen molar-refractivity contribution in [2.24, 2.45) is 0 Å². The molecule has 1 aliphatic heterocycles. The second-order valence-corrected chi connectivity index (χ2v) is 3.66. The maximum atomic E-state index is 9.51. The second-order valence-electron chi connectivity index (χ2n) is 3.66. The van der Waals surface area contributed by atoms with Gasteiger partial charge < -0.3 is 20.3 Å². The van der Waals surface area contributed by atoms with Gasteiger partial charge in [-0.1, -0.05) is 18.2 Å². The van der Waals surface area contributed by atoms with Gasteiger partial charge in [-0.2, -0.15) is 0 Å². The predicted octanol–water partition coefficient (Wildman–Crippen LogP) is 0.567. The summed E-state index contributed by atoms with van der Waals surface area (Å²) in [6.07, 6.45) is -0.776. The third-order valence-electron chi connectivity index (χ3n) is 2.51. The van der Waals surface area contributed by atoms with E-state index >= 15 is 0 Å². The molecule has 1 aromatic rings. The molecule has 0 bridgehead atoms. The fraction of sp³-hybridized carbons (Fsp3) is 0.455. The summed E-state index contributed by atoms with van der Waals surface area (Å²) in [5.74, 6) is 0. The fourth-order valence-corrected chi connectivity index (χ4v) is 1.71. The van der Waals surface area contributed by atoms with E-state index in [1.54, 1.807) is 0 Å². The van der Waals surface area contributed by atoms with Gasteiger partial charge in [-0.25, -0.2) is 0 Å². The van der Waals surface area contributed by atoms with Crippen LogP contribution in [0, 0.1) is 0 Å². The van der Waals surface area contributed by atoms with Crippen LogP contribution in [0.15, 0.2) is 30.3 Å². The summed E-state index contributed by atoms with van der Waals surface area (Å²) in [7, 11) is 0. The van der Waals surface area contributed by atoms with Crippen molar-refractivity contribution in [3.05, 3.63) is 30.3 Å². The monoisotopic (exact) mass is 209 g/mol. The first-order valence-corrected chi connectivity index (χ1v) is 5.05. The molecule has 1 fully saturated rings. The number of hydrogen-bond acceptors (Lipinski definition) is 4. The van der Waals surface area contributed by atoms with E-state index in [9.17, 15) is 5.11 Å². The first-order chi connectivity index (χ1) is 7.29. The molecule has 0 aromatic heterocycles. The molecular weight excluding hydrogens is 194 g/mol. The van der Waals surface area contributed by atoms with E-state index in [2.05, 4.69) is 5.32 Å². The summed E-state index contributed by atoms with van der Waals surface area (Å²) in [6.45, 7) is -0.145. The molecule has 1 saturated heterocycles. The Labute approximate surface area is 88.5 Å². The van der Waals surface area contributed by atoms with Crippen LogP contribution in [0.3, 0.4) is 0 Å². The Morgan fingerprint density at radius 2 is 2.07 bits per heavy atom. The molecule has 3 atom stereocenters. The van der Waals surface area contributed by atoms with Gasteiger partial charge in [-0.3, -0.25) is 0 Å². The minimum Gasteiger partial charge on any atom is -0.394 e. The SMILES string of the molecule is OC[C@H]1O[C@H](Nc2ccccc2)C[C@@H]1O. The topological polar surface area (TPSA) is 61.7 Å². The van der Waals surface area contributed by atoms with Crippen molar-refractivity contribution in [1.29, 1.82) is 0 Å². The van der Waals surface area contributed by atoms with Crippen LogP contribution in [-0.2, 0) is 4.74 Å². The molecule has 0 radical (unpaired) electrons. The maximum absolute atomic E-state index is 9.51. The molecule has 0 unspecified atom stereocenters. The number of anilines is 1. The lowest BCUT2D eigenvalue weighted by Gasteiger charge is -2.14. The molecule has 0 aliphatic carbocycles. The van der Waals surface area contributed by atoms with Crippen LogP contribution in [0.1, 0.15) is 6.42 Å². The molecule has 0 amide bonds. The fourth-order valence-electron chi connectivity index (χ4n) is 1.71. The molecule has 82 valence electrons. The van der Waals surface area contributed by atoms with Crippen molar-refractivity contribution in [2.45, 2.75) is 24.9 Å². The highest BCUT2D eigenvalue weighted by Crippen LogP contribution is 2.21. The Morgan fingerprint density at radius 1 is 1.33 bits per heavy atom. The zero-order chi connectivity index (χ0) is 10.7. The van der Waals surface area contributed by atoms with Gasteiger partial charge in [0.15, 0.2) is 0 Å². The molecular formula is C11H15NO3. The van der Waals surface area contributed by atoms with Crippen LogP contribution in [0.25, 0.3) is 0 Å². The number of ether oxygens (including phenoxy) is 1. The van der Waals surface area contributed by atoms with Crippen molar-refractivity contribution < 1.29 is 14.9 Å². The second kappa shape index (κ2) is 4.61. The minimum atomic E-state index is -0.587. The molecule has 4 heteroatoms. The molecule has 0 spiro atoms. The van der Waals surface area contributed by atoms with Crippen molar-refractivity contribution in [3.8, 4) is 0 Å². The molecule has 1 aromatic carbocycles. The lowest BCUT2D eigenvalue weighted by Crippen LogP contribution is -2.25. The zero-order valence-corrected chi connectivity index (χ0v) is 8.34. The number of rotatable bonds is 3. The summed E-state index contributed by atoms with van der Waals surface area (Å²) in [5, 5.41) is 21.6. The van der Waals surface area contributed by atoms with Crippen LogP contribution in [-0.4, -0.2) is 35.3 Å². The number of nitrogens with one attached hydrogen (secondary N) is 1. The third-order valence-corrected chi connectivity index (χ3v) is 2.51. The largest absolute Gasteiger partial charge is 0.394 e. The van der Waals surface area contributed by atoms with Gasteiger partial charge >= 0.3 is 0 Å². The van der Waals surface area contributed by atoms with E-state index in [1.807, 2.05) is 30.3 Å². The summed E-state index contributed by atoms with van der Waals surface area (Å²) in [6, 6.07) is 9.66. The van der Waals surface area contributed by atoms with Crippen LogP contribution < -0.4 is 5.32 Å². The first-order valence-electron chi connectivity index (χ1n) is 5.05. The van der Waals surface area contributed by atoms with Crippen molar-refractivity contribution in [3.63, 3.8) is 0 Å². The van der Waals surface area contributed by atoms with E-state index in [-0.39, 0.29) is 12.8 Å². The van der Waals surface area contributed by atoms with E-state index in [1.165, 1.54) is 0 Å². The number of aliphatic hydroxyl groups excluding tert-OH is 2. The molecule has 1 heterocycles. The van der Waals surface area contributed by atoms with E-state index < -0.39 is 12.2 Å². The third kappa shape index (κ3) is 2.47. The minimum absolute atomic E-state index is 0.145. The number of hydrogen-bond donors (Lipinski definition) is 3. The summed E-state index contributed by atoms with van der Waals surface area (Å²) >= 11 is 0. The molecule has 0 saturated carbocycles. The lowest BCUT2D eigenvalue weighted by atomic mass is 10.2. The Hall–Kier alpha value is -1.10. The van der Waals surface area contributed by atoms with E-state index in [4.69, 9.17) is 9.84 Å². The summed E-state index contributed by atoms with van der Waals surface area (Å²) < 4.78 is 5.42. The highest BCUT2D eigenvalue weighted by atomic mass is 16.5. The first kappa shape index (κ1) is 10.4. The van der Waals surface area contributed by atoms with Crippen LogP contribution in [0.4, 0.5) is 5.69 Å². The Morgan fingerprint density at radius 3 is 2.67 bits per heavy atom. The van der Waals surface area contributed by atoms with Crippen molar-refractivity contribution >= 4 is 5.69 Å². The van der Waals surface area contributed by atoms with Crippen molar-refractivity contribution in [2.75, 3.05) is 11.9 Å². The Kier molecular flexibility index (Phi) is 3.20. The van der Waals surface area contributed by atoms with Crippen LogP contribution >= 0.6 is 0 Å². The van der Waals surface area contributed by atoms with Crippen LogP contribution in [0.2, 0.25) is 0 Å². The average molecular weight is 209 g/mol. The standard InChI is InChI=1S/C11H15NO3/c13-7-10-9(14)6-11(15-10)12-8-4-2-1-3-5-8/h1-5,9-14H,6-7H2/t9-,10+,11-/m0/s1. The number of aliphatic hydroxyl groups is 2. The highest BCUT2D eigenvalue weighted by Gasteiger charge is 2.33. The molecule has 15 heavy (non-hydrogen) atoms. The van der Waals surface area contributed by atoms with Gasteiger partial charge in [-0.15, -0.1) is 0 Å². The van der Waals surface area contributed by atoms with Gasteiger partial charge in [0.1, 0.15) is 12.3 Å². The predicted molar refractivity (Wildman–Crippen MR) is 56.4 cm³/mol. The normalized spacial score (nSPS) is 30.4. The molecule has 1 aliphatic rings. The zero-order valence-electron chi connectivity index (χ0n) is 8.34. The Balaban J connectivity index is 1.92. The van der Waals surface area contributed by atoms with Gasteiger partial charge in [0, 0.05) is 12.1 Å². The lowest BCUT2D eigenvalue weighted by molar-refractivity contribution is -0.0149. The quantitative estimate of drug-likeness (QED) is 0.681. The molecule has 4 nitrogen and oxygen atoms in total. The molecule has 2 rings (SSSR count). The van der Waals surface area contributed by atoms with Crippen LogP contribution in [0.5, 0.6) is 0 Å². The smallest absolute Gasteiger partial charge is 0.130 e. The van der Waals surface area contributed by atoms with Crippen molar-refractivity contribution in [1.82, 2.24) is 0 Å². The summed E-state index contributed by atoms with van der Waals surface area (Å²) in [5.41, 5.74) is 0.952.